The van der Waals surface area contributed by atoms with E-state index in [1.807, 2.05) is 0 Å². The zero-order chi connectivity index (χ0) is 18.8. The molecular weight excluding hydrogens is 324 g/mol. The maximum atomic E-state index is 6.02. The summed E-state index contributed by atoms with van der Waals surface area (Å²) >= 11 is 0. The Kier molecular flexibility index (Phi) is 6.13. The number of fused-ring (bicyclic) bond motifs is 3. The number of likely N-dealkylation sites (N-methyl/N-ethyl adjacent to an activating group) is 1. The molecule has 3 rings (SSSR count). The average molecular weight is 361 g/mol. The van der Waals surface area contributed by atoms with E-state index < -0.39 is 0 Å². The molecule has 146 valence electrons. The Morgan fingerprint density at radius 2 is 1.85 bits per heavy atom. The van der Waals surface area contributed by atoms with Crippen LogP contribution in [0, 0.1) is 11.8 Å². The first kappa shape index (κ1) is 19.5. The SMILES string of the molecule is COc1cc2c(cc1OCC(C)C)CCN1C[C@@H](CC(C)C)N(C)C[C@H]21. The molecule has 0 saturated carbocycles. The Labute approximate surface area is 159 Å². The summed E-state index contributed by atoms with van der Waals surface area (Å²) in [4.78, 5) is 5.25. The first-order valence-electron chi connectivity index (χ1n) is 10.2. The Bertz CT molecular complexity index is 614. The second-order valence-electron chi connectivity index (χ2n) is 8.89. The van der Waals surface area contributed by atoms with Gasteiger partial charge in [0.2, 0.25) is 0 Å². The van der Waals surface area contributed by atoms with E-state index in [4.69, 9.17) is 9.47 Å². The lowest BCUT2D eigenvalue weighted by Crippen LogP contribution is -2.55. The minimum atomic E-state index is 0.472. The van der Waals surface area contributed by atoms with Gasteiger partial charge in [-0.1, -0.05) is 27.7 Å². The quantitative estimate of drug-likeness (QED) is 0.766. The largest absolute Gasteiger partial charge is 0.493 e. The van der Waals surface area contributed by atoms with Gasteiger partial charge in [0, 0.05) is 31.7 Å². The first-order chi connectivity index (χ1) is 12.4. The van der Waals surface area contributed by atoms with E-state index in [0.29, 0.717) is 18.0 Å². The van der Waals surface area contributed by atoms with E-state index in [0.717, 1.165) is 43.5 Å². The average Bonchev–Trinajstić information content (AvgIpc) is 2.59. The molecule has 0 bridgehead atoms. The molecule has 4 nitrogen and oxygen atoms in total. The molecule has 0 radical (unpaired) electrons. The van der Waals surface area contributed by atoms with Crippen LogP contribution in [0.5, 0.6) is 11.5 Å². The van der Waals surface area contributed by atoms with Gasteiger partial charge in [-0.05, 0) is 55.0 Å². The molecule has 1 aromatic carbocycles. The summed E-state index contributed by atoms with van der Waals surface area (Å²) < 4.78 is 11.7. The number of ether oxygens (including phenoxy) is 2. The van der Waals surface area contributed by atoms with Gasteiger partial charge in [-0.2, -0.15) is 0 Å². The second kappa shape index (κ2) is 8.18. The lowest BCUT2D eigenvalue weighted by Gasteiger charge is -2.48. The molecule has 1 fully saturated rings. The van der Waals surface area contributed by atoms with Crippen LogP contribution in [0.25, 0.3) is 0 Å². The van der Waals surface area contributed by atoms with Crippen LogP contribution in [0.3, 0.4) is 0 Å². The summed E-state index contributed by atoms with van der Waals surface area (Å²) in [7, 11) is 4.03. The zero-order valence-corrected chi connectivity index (χ0v) is 17.4. The standard InChI is InChI=1S/C22H36N2O2/c1-15(2)9-18-12-24-8-7-17-10-22(26-14-16(3)4)21(25-6)11-19(17)20(24)13-23(18)5/h10-11,15-16,18,20H,7-9,12-14H2,1-6H3/t18-,20-/m1/s1. The highest BCUT2D eigenvalue weighted by molar-refractivity contribution is 5.49. The Morgan fingerprint density at radius 3 is 2.50 bits per heavy atom. The van der Waals surface area contributed by atoms with Gasteiger partial charge >= 0.3 is 0 Å². The third-order valence-corrected chi connectivity index (χ3v) is 5.74. The monoisotopic (exact) mass is 360 g/mol. The van der Waals surface area contributed by atoms with Gasteiger partial charge in [0.25, 0.3) is 0 Å². The third kappa shape index (κ3) is 4.17. The van der Waals surface area contributed by atoms with Crippen molar-refractivity contribution in [2.24, 2.45) is 11.8 Å². The summed E-state index contributed by atoms with van der Waals surface area (Å²) in [5.41, 5.74) is 2.86. The fourth-order valence-corrected chi connectivity index (χ4v) is 4.35. The number of rotatable bonds is 6. The van der Waals surface area contributed by atoms with Crippen LogP contribution in [0.4, 0.5) is 0 Å². The smallest absolute Gasteiger partial charge is 0.161 e. The van der Waals surface area contributed by atoms with E-state index >= 15 is 0 Å². The number of piperazine rings is 1. The molecule has 2 heterocycles. The van der Waals surface area contributed by atoms with Crippen molar-refractivity contribution >= 4 is 0 Å². The van der Waals surface area contributed by atoms with Crippen LogP contribution < -0.4 is 9.47 Å². The molecule has 26 heavy (non-hydrogen) atoms. The van der Waals surface area contributed by atoms with Crippen LogP contribution in [0.15, 0.2) is 12.1 Å². The predicted molar refractivity (Wildman–Crippen MR) is 107 cm³/mol. The fraction of sp³-hybridized carbons (Fsp3) is 0.727. The molecule has 0 N–H and O–H groups in total. The first-order valence-corrected chi connectivity index (χ1v) is 10.2. The molecular formula is C22H36N2O2. The molecule has 1 aromatic rings. The zero-order valence-electron chi connectivity index (χ0n) is 17.4. The second-order valence-corrected chi connectivity index (χ2v) is 8.89. The lowest BCUT2D eigenvalue weighted by molar-refractivity contribution is 0.0294. The van der Waals surface area contributed by atoms with Crippen molar-refractivity contribution in [3.63, 3.8) is 0 Å². The van der Waals surface area contributed by atoms with Crippen molar-refractivity contribution in [1.29, 1.82) is 0 Å². The third-order valence-electron chi connectivity index (χ3n) is 5.74. The number of nitrogens with zero attached hydrogens (tertiary/aromatic N) is 2. The van der Waals surface area contributed by atoms with Gasteiger partial charge in [0.1, 0.15) is 0 Å². The highest BCUT2D eigenvalue weighted by Crippen LogP contribution is 2.40. The molecule has 2 aliphatic heterocycles. The summed E-state index contributed by atoms with van der Waals surface area (Å²) in [6.07, 6.45) is 2.38. The van der Waals surface area contributed by atoms with E-state index in [-0.39, 0.29) is 0 Å². The minimum absolute atomic E-state index is 0.472. The maximum absolute atomic E-state index is 6.02. The highest BCUT2D eigenvalue weighted by atomic mass is 16.5. The summed E-state index contributed by atoms with van der Waals surface area (Å²) in [6.45, 7) is 13.2. The number of methoxy groups -OCH3 is 1. The van der Waals surface area contributed by atoms with Gasteiger partial charge in [-0.25, -0.2) is 0 Å². The molecule has 1 saturated heterocycles. The van der Waals surface area contributed by atoms with Gasteiger partial charge < -0.3 is 14.4 Å². The van der Waals surface area contributed by atoms with Crippen molar-refractivity contribution in [3.8, 4) is 11.5 Å². The Hall–Kier alpha value is -1.26. The van der Waals surface area contributed by atoms with Gasteiger partial charge in [0.05, 0.1) is 13.7 Å². The van der Waals surface area contributed by atoms with Crippen LogP contribution >= 0.6 is 0 Å². The molecule has 0 aliphatic carbocycles. The highest BCUT2D eigenvalue weighted by Gasteiger charge is 2.36. The molecule has 2 aliphatic rings. The van der Waals surface area contributed by atoms with Crippen LogP contribution in [0.2, 0.25) is 0 Å². The van der Waals surface area contributed by atoms with Gasteiger partial charge in [-0.3, -0.25) is 4.90 Å². The van der Waals surface area contributed by atoms with E-state index in [2.05, 4.69) is 56.7 Å². The lowest BCUT2D eigenvalue weighted by atomic mass is 9.88. The Morgan fingerprint density at radius 1 is 1.08 bits per heavy atom. The molecule has 2 atom stereocenters. The van der Waals surface area contributed by atoms with Crippen molar-refractivity contribution in [1.82, 2.24) is 9.80 Å². The number of benzene rings is 1. The topological polar surface area (TPSA) is 24.9 Å². The fourth-order valence-electron chi connectivity index (χ4n) is 4.35. The Balaban J connectivity index is 1.82. The number of hydrogen-bond acceptors (Lipinski definition) is 4. The normalized spacial score (nSPS) is 23.8. The minimum Gasteiger partial charge on any atom is -0.493 e. The van der Waals surface area contributed by atoms with Crippen LogP contribution in [-0.4, -0.2) is 56.2 Å². The predicted octanol–water partition coefficient (Wildman–Crippen LogP) is 3.99. The molecule has 0 spiro atoms. The summed E-state index contributed by atoms with van der Waals surface area (Å²) in [5.74, 6) is 3.03. The molecule has 0 aromatic heterocycles. The van der Waals surface area contributed by atoms with E-state index in [1.54, 1.807) is 7.11 Å². The van der Waals surface area contributed by atoms with Crippen molar-refractivity contribution in [3.05, 3.63) is 23.3 Å². The summed E-state index contributed by atoms with van der Waals surface area (Å²) in [6, 6.07) is 5.61. The van der Waals surface area contributed by atoms with Crippen LogP contribution in [-0.2, 0) is 6.42 Å². The summed E-state index contributed by atoms with van der Waals surface area (Å²) in [5, 5.41) is 0. The van der Waals surface area contributed by atoms with E-state index in [1.165, 1.54) is 24.1 Å². The van der Waals surface area contributed by atoms with Gasteiger partial charge in [0.15, 0.2) is 11.5 Å². The van der Waals surface area contributed by atoms with Gasteiger partial charge in [-0.15, -0.1) is 0 Å². The van der Waals surface area contributed by atoms with E-state index in [9.17, 15) is 0 Å². The molecule has 4 heteroatoms. The molecule has 0 amide bonds. The van der Waals surface area contributed by atoms with Crippen molar-refractivity contribution in [2.45, 2.75) is 52.6 Å². The van der Waals surface area contributed by atoms with Crippen molar-refractivity contribution < 1.29 is 9.47 Å². The van der Waals surface area contributed by atoms with Crippen molar-refractivity contribution in [2.75, 3.05) is 40.4 Å². The van der Waals surface area contributed by atoms with Crippen LogP contribution in [0.1, 0.15) is 51.3 Å². The number of hydrogen-bond donors (Lipinski definition) is 0. The maximum Gasteiger partial charge on any atom is 0.161 e. The molecule has 0 unspecified atom stereocenters.